The van der Waals surface area contributed by atoms with E-state index in [1.165, 1.54) is 30.6 Å². The molecule has 1 N–H and O–H groups in total. The van der Waals surface area contributed by atoms with E-state index in [9.17, 15) is 14.4 Å². The normalized spacial score (nSPS) is 18.8. The van der Waals surface area contributed by atoms with Crippen LogP contribution < -0.4 is 5.32 Å². The van der Waals surface area contributed by atoms with Crippen molar-refractivity contribution in [3.63, 3.8) is 0 Å². The van der Waals surface area contributed by atoms with Crippen LogP contribution in [0, 0.1) is 0 Å². The van der Waals surface area contributed by atoms with Crippen molar-refractivity contribution in [1.82, 2.24) is 15.1 Å². The molecule has 140 valence electrons. The highest BCUT2D eigenvalue weighted by molar-refractivity contribution is 6.01. The third-order valence-electron chi connectivity index (χ3n) is 5.12. The smallest absolute Gasteiger partial charge is 0.251 e. The van der Waals surface area contributed by atoms with Crippen LogP contribution in [-0.4, -0.2) is 53.7 Å². The summed E-state index contributed by atoms with van der Waals surface area (Å²) in [5.74, 6) is -0.324. The topological polar surface area (TPSA) is 69.7 Å². The van der Waals surface area contributed by atoms with Gasteiger partial charge in [-0.3, -0.25) is 19.3 Å². The van der Waals surface area contributed by atoms with Crippen molar-refractivity contribution >= 4 is 17.7 Å². The van der Waals surface area contributed by atoms with Crippen LogP contribution >= 0.6 is 0 Å². The molecule has 6 heteroatoms. The van der Waals surface area contributed by atoms with Crippen molar-refractivity contribution in [2.24, 2.45) is 0 Å². The molecule has 6 nitrogen and oxygen atoms in total. The number of carbonyl (C=O) groups is 3. The van der Waals surface area contributed by atoms with Crippen molar-refractivity contribution in [3.8, 4) is 0 Å². The first kappa shape index (κ1) is 18.6. The number of imide groups is 1. The van der Waals surface area contributed by atoms with E-state index in [2.05, 4.69) is 10.2 Å². The summed E-state index contributed by atoms with van der Waals surface area (Å²) < 4.78 is 0. The van der Waals surface area contributed by atoms with Crippen LogP contribution in [0.15, 0.2) is 24.3 Å². The average Bonchev–Trinajstić information content (AvgIpc) is 2.84. The molecule has 0 atom stereocenters. The summed E-state index contributed by atoms with van der Waals surface area (Å²) in [6, 6.07) is 7.12. The van der Waals surface area contributed by atoms with Crippen LogP contribution in [0.3, 0.4) is 0 Å². The van der Waals surface area contributed by atoms with Crippen molar-refractivity contribution in [1.29, 1.82) is 0 Å². The van der Waals surface area contributed by atoms with E-state index >= 15 is 0 Å². The van der Waals surface area contributed by atoms with Crippen molar-refractivity contribution in [3.05, 3.63) is 35.4 Å². The Morgan fingerprint density at radius 3 is 2.15 bits per heavy atom. The molecular formula is C20H27N3O3. The largest absolute Gasteiger partial charge is 0.351 e. The summed E-state index contributed by atoms with van der Waals surface area (Å²) in [4.78, 5) is 39.3. The average molecular weight is 357 g/mol. The van der Waals surface area contributed by atoms with Crippen LogP contribution in [0.1, 0.15) is 54.4 Å². The molecule has 2 aliphatic rings. The molecule has 2 saturated heterocycles. The molecule has 0 bridgehead atoms. The lowest BCUT2D eigenvalue weighted by molar-refractivity contribution is -0.139. The summed E-state index contributed by atoms with van der Waals surface area (Å²) in [5, 5.41) is 2.97. The molecule has 0 unspecified atom stereocenters. The lowest BCUT2D eigenvalue weighted by Crippen LogP contribution is -2.35. The van der Waals surface area contributed by atoms with Gasteiger partial charge in [-0.25, -0.2) is 0 Å². The zero-order valence-electron chi connectivity index (χ0n) is 15.2. The van der Waals surface area contributed by atoms with Gasteiger partial charge in [0.25, 0.3) is 5.91 Å². The second-order valence-electron chi connectivity index (χ2n) is 7.08. The van der Waals surface area contributed by atoms with E-state index in [1.807, 2.05) is 12.1 Å². The Bertz CT molecular complexity index is 633. The maximum atomic E-state index is 12.3. The third kappa shape index (κ3) is 4.91. The molecule has 0 aromatic heterocycles. The molecule has 2 fully saturated rings. The molecule has 3 amide bonds. The SMILES string of the molecule is O=C(NCCN1CCCCCC1)c1ccc(CN2C(=O)CCC2=O)cc1. The number of amides is 3. The molecule has 2 aliphatic heterocycles. The van der Waals surface area contributed by atoms with Crippen LogP contribution in [-0.2, 0) is 16.1 Å². The van der Waals surface area contributed by atoms with Crippen LogP contribution in [0.4, 0.5) is 0 Å². The van der Waals surface area contributed by atoms with Crippen molar-refractivity contribution in [2.75, 3.05) is 26.2 Å². The van der Waals surface area contributed by atoms with Gasteiger partial charge in [0.2, 0.25) is 11.8 Å². The molecule has 1 aromatic rings. The van der Waals surface area contributed by atoms with Gasteiger partial charge in [-0.1, -0.05) is 25.0 Å². The van der Waals surface area contributed by atoms with Gasteiger partial charge < -0.3 is 10.2 Å². The molecule has 2 heterocycles. The Balaban J connectivity index is 1.46. The van der Waals surface area contributed by atoms with Crippen LogP contribution in [0.25, 0.3) is 0 Å². The fourth-order valence-electron chi connectivity index (χ4n) is 3.53. The third-order valence-corrected chi connectivity index (χ3v) is 5.12. The molecular weight excluding hydrogens is 330 g/mol. The molecule has 26 heavy (non-hydrogen) atoms. The van der Waals surface area contributed by atoms with E-state index in [1.54, 1.807) is 12.1 Å². The number of benzene rings is 1. The van der Waals surface area contributed by atoms with Gasteiger partial charge in [-0.15, -0.1) is 0 Å². The highest BCUT2D eigenvalue weighted by atomic mass is 16.2. The highest BCUT2D eigenvalue weighted by Crippen LogP contribution is 2.16. The fraction of sp³-hybridized carbons (Fsp3) is 0.550. The zero-order valence-corrected chi connectivity index (χ0v) is 15.2. The Morgan fingerprint density at radius 2 is 1.54 bits per heavy atom. The van der Waals surface area contributed by atoms with E-state index in [0.29, 0.717) is 24.9 Å². The quantitative estimate of drug-likeness (QED) is 0.790. The standard InChI is InChI=1S/C20H27N3O3/c24-18-9-10-19(25)23(18)15-16-5-7-17(8-6-16)20(26)21-11-14-22-12-3-1-2-4-13-22/h5-8H,1-4,9-15H2,(H,21,26). The first-order valence-electron chi connectivity index (χ1n) is 9.56. The lowest BCUT2D eigenvalue weighted by Gasteiger charge is -2.19. The summed E-state index contributed by atoms with van der Waals surface area (Å²) in [6.45, 7) is 4.08. The van der Waals surface area contributed by atoms with Crippen LogP contribution in [0.2, 0.25) is 0 Å². The zero-order chi connectivity index (χ0) is 18.4. The first-order chi connectivity index (χ1) is 12.6. The molecule has 3 rings (SSSR count). The fourth-order valence-corrected chi connectivity index (χ4v) is 3.53. The van der Waals surface area contributed by atoms with Crippen LogP contribution in [0.5, 0.6) is 0 Å². The van der Waals surface area contributed by atoms with Gasteiger partial charge in [0, 0.05) is 31.5 Å². The van der Waals surface area contributed by atoms with Crippen molar-refractivity contribution in [2.45, 2.75) is 45.1 Å². The number of hydrogen-bond donors (Lipinski definition) is 1. The van der Waals surface area contributed by atoms with Crippen molar-refractivity contribution < 1.29 is 14.4 Å². The summed E-state index contributed by atoms with van der Waals surface area (Å²) in [7, 11) is 0. The minimum atomic E-state index is -0.120. The predicted molar refractivity (Wildman–Crippen MR) is 98.5 cm³/mol. The van der Waals surface area contributed by atoms with Gasteiger partial charge in [0.05, 0.1) is 6.54 Å². The number of nitrogens with one attached hydrogen (secondary N) is 1. The predicted octanol–water partition coefficient (Wildman–Crippen LogP) is 1.94. The highest BCUT2D eigenvalue weighted by Gasteiger charge is 2.28. The lowest BCUT2D eigenvalue weighted by atomic mass is 10.1. The maximum absolute atomic E-state index is 12.3. The minimum Gasteiger partial charge on any atom is -0.351 e. The molecule has 0 spiro atoms. The maximum Gasteiger partial charge on any atom is 0.251 e. The van der Waals surface area contributed by atoms with Gasteiger partial charge in [0.1, 0.15) is 0 Å². The number of nitrogens with zero attached hydrogens (tertiary/aromatic N) is 2. The first-order valence-corrected chi connectivity index (χ1v) is 9.56. The monoisotopic (exact) mass is 357 g/mol. The Labute approximate surface area is 154 Å². The minimum absolute atomic E-state index is 0.0836. The number of likely N-dealkylation sites (tertiary alicyclic amines) is 2. The number of hydrogen-bond acceptors (Lipinski definition) is 4. The Hall–Kier alpha value is -2.21. The number of rotatable bonds is 6. The molecule has 1 aromatic carbocycles. The summed E-state index contributed by atoms with van der Waals surface area (Å²) in [5.41, 5.74) is 1.46. The second-order valence-corrected chi connectivity index (χ2v) is 7.08. The molecule has 0 radical (unpaired) electrons. The Morgan fingerprint density at radius 1 is 0.923 bits per heavy atom. The molecule has 0 saturated carbocycles. The Kier molecular flexibility index (Phi) is 6.39. The van der Waals surface area contributed by atoms with Gasteiger partial charge in [0.15, 0.2) is 0 Å². The van der Waals surface area contributed by atoms with E-state index in [-0.39, 0.29) is 24.3 Å². The van der Waals surface area contributed by atoms with Gasteiger partial charge in [-0.05, 0) is 43.6 Å². The summed E-state index contributed by atoms with van der Waals surface area (Å²) in [6.07, 6.45) is 5.72. The second kappa shape index (κ2) is 8.94. The molecule has 0 aliphatic carbocycles. The van der Waals surface area contributed by atoms with E-state index in [0.717, 1.165) is 25.2 Å². The van der Waals surface area contributed by atoms with Gasteiger partial charge in [-0.2, -0.15) is 0 Å². The van der Waals surface area contributed by atoms with E-state index < -0.39 is 0 Å². The van der Waals surface area contributed by atoms with E-state index in [4.69, 9.17) is 0 Å². The number of carbonyl (C=O) groups excluding carboxylic acids is 3. The van der Waals surface area contributed by atoms with Gasteiger partial charge >= 0.3 is 0 Å². The summed E-state index contributed by atoms with van der Waals surface area (Å²) >= 11 is 0.